The predicted molar refractivity (Wildman–Crippen MR) is 276 cm³/mol. The van der Waals surface area contributed by atoms with Gasteiger partial charge in [0.25, 0.3) is 0 Å². The van der Waals surface area contributed by atoms with Crippen LogP contribution < -0.4 is 19.1 Å². The zero-order valence-electron chi connectivity index (χ0n) is 39.9. The van der Waals surface area contributed by atoms with Crippen LogP contribution in [0.5, 0.6) is 23.0 Å². The first-order valence-corrected chi connectivity index (χ1v) is 24.9. The third kappa shape index (κ3) is 9.25. The summed E-state index contributed by atoms with van der Waals surface area (Å²) < 4.78 is 19.4. The second kappa shape index (κ2) is 20.5. The van der Waals surface area contributed by atoms with Crippen LogP contribution >= 0.6 is 0 Å². The molecule has 338 valence electrons. The molecule has 7 aromatic carbocycles. The molecule has 4 nitrogen and oxygen atoms in total. The summed E-state index contributed by atoms with van der Waals surface area (Å²) in [5.74, 6) is 3.51. The van der Waals surface area contributed by atoms with E-state index in [1.54, 1.807) is 0 Å². The summed E-state index contributed by atoms with van der Waals surface area (Å²) in [6.45, 7) is 12.5. The van der Waals surface area contributed by atoms with E-state index in [0.717, 1.165) is 82.8 Å². The summed E-state index contributed by atoms with van der Waals surface area (Å²) in [5.41, 5.74) is 16.1. The first kappa shape index (κ1) is 44.9. The number of nitrogens with zero attached hydrogens (tertiary/aromatic N) is 1. The van der Waals surface area contributed by atoms with E-state index in [1.807, 2.05) is 0 Å². The van der Waals surface area contributed by atoms with Crippen molar-refractivity contribution >= 4 is 17.1 Å². The van der Waals surface area contributed by atoms with Gasteiger partial charge in [0.05, 0.1) is 30.0 Å². The molecule has 1 unspecified atom stereocenters. The molecule has 0 radical (unpaired) electrons. The van der Waals surface area contributed by atoms with Crippen molar-refractivity contribution in [3.8, 4) is 45.3 Å². The third-order valence-corrected chi connectivity index (χ3v) is 13.8. The van der Waals surface area contributed by atoms with Gasteiger partial charge in [0.2, 0.25) is 0 Å². The third-order valence-electron chi connectivity index (χ3n) is 13.8. The number of rotatable bonds is 20. The molecule has 4 heteroatoms. The Morgan fingerprint density at radius 1 is 0.424 bits per heavy atom. The van der Waals surface area contributed by atoms with Gasteiger partial charge >= 0.3 is 0 Å². The summed E-state index contributed by atoms with van der Waals surface area (Å²) in [6.07, 6.45) is 15.0. The number of hydrogen-bond acceptors (Lipinski definition) is 4. The second-order valence-corrected chi connectivity index (χ2v) is 18.8. The van der Waals surface area contributed by atoms with Crippen LogP contribution in [0.1, 0.15) is 130 Å². The Hall–Kier alpha value is -6.26. The smallest absolute Gasteiger partial charge is 0.152 e. The molecule has 0 bridgehead atoms. The van der Waals surface area contributed by atoms with Crippen molar-refractivity contribution in [2.75, 3.05) is 18.1 Å². The summed E-state index contributed by atoms with van der Waals surface area (Å²) in [7, 11) is 0. The minimum absolute atomic E-state index is 0.541. The minimum Gasteiger partial charge on any atom is -0.494 e. The Morgan fingerprint density at radius 3 is 1.52 bits per heavy atom. The highest BCUT2D eigenvalue weighted by atomic mass is 16.5. The van der Waals surface area contributed by atoms with Crippen LogP contribution in [0.2, 0.25) is 0 Å². The highest BCUT2D eigenvalue weighted by Crippen LogP contribution is 2.58. The Morgan fingerprint density at radius 2 is 0.879 bits per heavy atom. The van der Waals surface area contributed by atoms with Crippen LogP contribution in [0.15, 0.2) is 146 Å². The molecule has 9 rings (SSSR count). The fourth-order valence-electron chi connectivity index (χ4n) is 10.2. The maximum Gasteiger partial charge on any atom is 0.152 e. The summed E-state index contributed by atoms with van der Waals surface area (Å²) in [5, 5.41) is 0. The van der Waals surface area contributed by atoms with Gasteiger partial charge in [-0.25, -0.2) is 0 Å². The van der Waals surface area contributed by atoms with E-state index < -0.39 is 5.41 Å². The van der Waals surface area contributed by atoms with Crippen LogP contribution in [0.4, 0.5) is 17.1 Å². The van der Waals surface area contributed by atoms with E-state index in [9.17, 15) is 0 Å². The Labute approximate surface area is 394 Å². The summed E-state index contributed by atoms with van der Waals surface area (Å²) in [6, 6.07) is 53.9. The lowest BCUT2D eigenvalue weighted by Gasteiger charge is -2.35. The molecule has 7 aromatic rings. The SMILES string of the molecule is CCCCCCCCOc1ccc(N2c3ccc(C)cc3Oc3cc(-c4ccc5c(c4)C(c4ccc(C)cc4)(c4ccc(OCCCCCCCC)cc4)c4cc(C)ccc4-5)ccc32)cc1. The first-order chi connectivity index (χ1) is 32.4. The summed E-state index contributed by atoms with van der Waals surface area (Å²) in [4.78, 5) is 2.32. The van der Waals surface area contributed by atoms with E-state index in [1.165, 1.54) is 109 Å². The minimum atomic E-state index is -0.541. The van der Waals surface area contributed by atoms with E-state index in [4.69, 9.17) is 14.2 Å². The molecule has 0 amide bonds. The van der Waals surface area contributed by atoms with Crippen molar-refractivity contribution in [1.82, 2.24) is 0 Å². The van der Waals surface area contributed by atoms with Crippen molar-refractivity contribution < 1.29 is 14.2 Å². The number of benzene rings is 7. The molecule has 0 fully saturated rings. The molecular formula is C62H67NO3. The first-order valence-electron chi connectivity index (χ1n) is 24.9. The van der Waals surface area contributed by atoms with E-state index >= 15 is 0 Å². The summed E-state index contributed by atoms with van der Waals surface area (Å²) >= 11 is 0. The Bertz CT molecular complexity index is 2730. The van der Waals surface area contributed by atoms with Gasteiger partial charge in [0.15, 0.2) is 11.5 Å². The zero-order valence-corrected chi connectivity index (χ0v) is 39.9. The second-order valence-electron chi connectivity index (χ2n) is 18.8. The van der Waals surface area contributed by atoms with Crippen LogP contribution in [-0.4, -0.2) is 13.2 Å². The lowest BCUT2D eigenvalue weighted by Crippen LogP contribution is -2.28. The molecule has 2 aliphatic rings. The standard InChI is InChI=1S/C62H67NO3/c1-6-8-10-12-14-16-38-64-52-30-26-50(27-31-52)62(49-24-18-44(3)19-25-49)56-40-45(4)20-34-54(56)55-35-22-47(42-57(55)62)48-23-37-59-61(43-48)66-60-41-46(5)21-36-58(60)63(59)51-28-32-53(33-29-51)65-39-17-15-13-11-9-7-2/h18-37,40-43H,6-17,38-39H2,1-5H3. The number of aryl methyl sites for hydroxylation is 3. The van der Waals surface area contributed by atoms with Crippen molar-refractivity contribution in [2.24, 2.45) is 0 Å². The molecule has 1 aliphatic carbocycles. The zero-order chi connectivity index (χ0) is 45.5. The molecule has 0 saturated heterocycles. The highest BCUT2D eigenvalue weighted by molar-refractivity contribution is 5.91. The highest BCUT2D eigenvalue weighted by Gasteiger charge is 2.46. The number of fused-ring (bicyclic) bond motifs is 5. The van der Waals surface area contributed by atoms with Crippen LogP contribution in [0, 0.1) is 20.8 Å². The number of unbranched alkanes of at least 4 members (excludes halogenated alkanes) is 10. The average Bonchev–Trinajstić information content (AvgIpc) is 3.62. The van der Waals surface area contributed by atoms with Crippen molar-refractivity contribution in [3.63, 3.8) is 0 Å². The van der Waals surface area contributed by atoms with Gasteiger partial charge in [-0.15, -0.1) is 0 Å². The predicted octanol–water partition coefficient (Wildman–Crippen LogP) is 17.7. The Balaban J connectivity index is 1.06. The molecule has 0 saturated carbocycles. The molecule has 1 heterocycles. The molecule has 1 atom stereocenters. The lowest BCUT2D eigenvalue weighted by atomic mass is 9.67. The van der Waals surface area contributed by atoms with Crippen molar-refractivity contribution in [2.45, 2.75) is 117 Å². The molecule has 1 aliphatic heterocycles. The van der Waals surface area contributed by atoms with Crippen LogP contribution in [0.25, 0.3) is 22.3 Å². The Kier molecular flexibility index (Phi) is 14.0. The van der Waals surface area contributed by atoms with Gasteiger partial charge in [-0.3, -0.25) is 0 Å². The molecule has 0 spiro atoms. The molecule has 66 heavy (non-hydrogen) atoms. The lowest BCUT2D eigenvalue weighted by molar-refractivity contribution is 0.304. The maximum atomic E-state index is 6.83. The maximum absolute atomic E-state index is 6.83. The van der Waals surface area contributed by atoms with Gasteiger partial charge in [-0.2, -0.15) is 0 Å². The normalized spacial score (nSPS) is 14.5. The largest absolute Gasteiger partial charge is 0.494 e. The topological polar surface area (TPSA) is 30.9 Å². The molecule has 0 aromatic heterocycles. The number of hydrogen-bond donors (Lipinski definition) is 0. The van der Waals surface area contributed by atoms with Crippen LogP contribution in [-0.2, 0) is 5.41 Å². The quantitative estimate of drug-likeness (QED) is 0.0714. The fourth-order valence-corrected chi connectivity index (χ4v) is 10.2. The van der Waals surface area contributed by atoms with E-state index in [0.29, 0.717) is 0 Å². The van der Waals surface area contributed by atoms with Gasteiger partial charge in [-0.05, 0) is 150 Å². The fraction of sp³-hybridized carbons (Fsp3) is 0.323. The molecule has 0 N–H and O–H groups in total. The van der Waals surface area contributed by atoms with Crippen LogP contribution in [0.3, 0.4) is 0 Å². The average molecular weight is 874 g/mol. The van der Waals surface area contributed by atoms with Gasteiger partial charge in [0.1, 0.15) is 11.5 Å². The number of ether oxygens (including phenoxy) is 3. The number of anilines is 3. The monoisotopic (exact) mass is 874 g/mol. The van der Waals surface area contributed by atoms with Gasteiger partial charge in [0, 0.05) is 5.69 Å². The van der Waals surface area contributed by atoms with E-state index in [2.05, 4.69) is 185 Å². The van der Waals surface area contributed by atoms with Crippen molar-refractivity contribution in [3.05, 3.63) is 185 Å². The van der Waals surface area contributed by atoms with E-state index in [-0.39, 0.29) is 0 Å². The van der Waals surface area contributed by atoms with Crippen molar-refractivity contribution in [1.29, 1.82) is 0 Å². The molecular weight excluding hydrogens is 807 g/mol. The van der Waals surface area contributed by atoms with Gasteiger partial charge < -0.3 is 19.1 Å². The van der Waals surface area contributed by atoms with Gasteiger partial charge in [-0.1, -0.05) is 168 Å².